The summed E-state index contributed by atoms with van der Waals surface area (Å²) in [6.45, 7) is 0.355. The highest BCUT2D eigenvalue weighted by Gasteiger charge is 2.34. The maximum Gasteiger partial charge on any atom is 0.226 e. The largest absolute Gasteiger partial charge is 0.388 e. The van der Waals surface area contributed by atoms with Crippen LogP contribution in [0.25, 0.3) is 10.6 Å². The Kier molecular flexibility index (Phi) is 3.87. The number of carbonyl (C=O) groups is 1. The minimum Gasteiger partial charge on any atom is -0.388 e. The minimum atomic E-state index is -0.667. The quantitative estimate of drug-likeness (QED) is 0.892. The molecule has 1 aliphatic carbocycles. The molecular weight excluding hydrogens is 292 g/mol. The van der Waals surface area contributed by atoms with Gasteiger partial charge in [-0.15, -0.1) is 11.3 Å². The number of thiophene rings is 1. The molecule has 3 rings (SSSR count). The number of rotatable bonds is 5. The molecular formula is C14H16N2O2S2. The van der Waals surface area contributed by atoms with E-state index in [2.05, 4.69) is 15.7 Å². The summed E-state index contributed by atoms with van der Waals surface area (Å²) in [5.41, 5.74) is 1.23. The summed E-state index contributed by atoms with van der Waals surface area (Å²) in [5.74, 6) is -0.0764. The Labute approximate surface area is 125 Å². The zero-order valence-electron chi connectivity index (χ0n) is 11.0. The second kappa shape index (κ2) is 5.63. The van der Waals surface area contributed by atoms with Gasteiger partial charge in [-0.3, -0.25) is 4.79 Å². The monoisotopic (exact) mass is 308 g/mol. The molecule has 106 valence electrons. The first-order valence-electron chi connectivity index (χ1n) is 6.61. The van der Waals surface area contributed by atoms with Gasteiger partial charge >= 0.3 is 0 Å². The van der Waals surface area contributed by atoms with Crippen LogP contribution in [0, 0.1) is 0 Å². The number of aliphatic hydroxyl groups is 1. The summed E-state index contributed by atoms with van der Waals surface area (Å²) < 4.78 is 0. The predicted octanol–water partition coefficient (Wildman–Crippen LogP) is 2.45. The van der Waals surface area contributed by atoms with Crippen molar-refractivity contribution in [1.82, 2.24) is 10.3 Å². The van der Waals surface area contributed by atoms with E-state index in [1.165, 1.54) is 0 Å². The summed E-state index contributed by atoms with van der Waals surface area (Å²) >= 11 is 3.19. The van der Waals surface area contributed by atoms with Gasteiger partial charge < -0.3 is 10.4 Å². The second-order valence-corrected chi connectivity index (χ2v) is 6.83. The van der Waals surface area contributed by atoms with E-state index in [0.29, 0.717) is 6.54 Å². The molecule has 0 unspecified atom stereocenters. The van der Waals surface area contributed by atoms with Gasteiger partial charge in [-0.1, -0.05) is 0 Å². The third kappa shape index (κ3) is 3.08. The SMILES string of the molecule is O=C(Cc1csc(-c2ccsc2)n1)NCC1(O)CCC1. The van der Waals surface area contributed by atoms with Gasteiger partial charge in [0.1, 0.15) is 5.01 Å². The topological polar surface area (TPSA) is 62.2 Å². The van der Waals surface area contributed by atoms with Gasteiger partial charge in [0, 0.05) is 22.9 Å². The van der Waals surface area contributed by atoms with Crippen LogP contribution in [-0.2, 0) is 11.2 Å². The van der Waals surface area contributed by atoms with Crippen molar-refractivity contribution in [3.05, 3.63) is 27.9 Å². The van der Waals surface area contributed by atoms with Gasteiger partial charge in [-0.2, -0.15) is 11.3 Å². The van der Waals surface area contributed by atoms with Crippen molar-refractivity contribution >= 4 is 28.6 Å². The van der Waals surface area contributed by atoms with E-state index >= 15 is 0 Å². The average Bonchev–Trinajstić information content (AvgIpc) is 3.04. The molecule has 0 atom stereocenters. The first-order valence-corrected chi connectivity index (χ1v) is 8.43. The molecule has 2 heterocycles. The minimum absolute atomic E-state index is 0.0764. The van der Waals surface area contributed by atoms with Crippen LogP contribution in [0.4, 0.5) is 0 Å². The van der Waals surface area contributed by atoms with Crippen molar-refractivity contribution in [2.24, 2.45) is 0 Å². The van der Waals surface area contributed by atoms with Gasteiger partial charge in [0.15, 0.2) is 0 Å². The number of aromatic nitrogens is 1. The Morgan fingerprint density at radius 3 is 2.95 bits per heavy atom. The Balaban J connectivity index is 1.54. The molecule has 0 aromatic carbocycles. The Morgan fingerprint density at radius 2 is 2.30 bits per heavy atom. The van der Waals surface area contributed by atoms with Crippen LogP contribution in [0.2, 0.25) is 0 Å². The van der Waals surface area contributed by atoms with Crippen LogP contribution in [0.1, 0.15) is 25.0 Å². The second-order valence-electron chi connectivity index (χ2n) is 5.19. The smallest absolute Gasteiger partial charge is 0.226 e. The summed E-state index contributed by atoms with van der Waals surface area (Å²) in [4.78, 5) is 16.3. The molecule has 0 radical (unpaired) electrons. The van der Waals surface area contributed by atoms with Crippen LogP contribution in [0.3, 0.4) is 0 Å². The molecule has 2 aromatic heterocycles. The van der Waals surface area contributed by atoms with Gasteiger partial charge in [-0.25, -0.2) is 4.98 Å². The number of hydrogen-bond acceptors (Lipinski definition) is 5. The van der Waals surface area contributed by atoms with Crippen LogP contribution in [0.15, 0.2) is 22.2 Å². The maximum atomic E-state index is 11.8. The van der Waals surface area contributed by atoms with Crippen LogP contribution in [-0.4, -0.2) is 28.1 Å². The fraction of sp³-hybridized carbons (Fsp3) is 0.429. The molecule has 1 saturated carbocycles. The zero-order valence-corrected chi connectivity index (χ0v) is 12.6. The fourth-order valence-electron chi connectivity index (χ4n) is 2.16. The summed E-state index contributed by atoms with van der Waals surface area (Å²) in [6, 6.07) is 2.03. The molecule has 4 nitrogen and oxygen atoms in total. The standard InChI is InChI=1S/C14H16N2O2S2/c17-12(15-9-14(18)3-1-4-14)6-11-8-20-13(16-11)10-2-5-19-7-10/h2,5,7-8,18H,1,3-4,6,9H2,(H,15,17). The number of amides is 1. The van der Waals surface area contributed by atoms with E-state index in [1.54, 1.807) is 22.7 Å². The highest BCUT2D eigenvalue weighted by molar-refractivity contribution is 7.14. The fourth-order valence-corrected chi connectivity index (χ4v) is 3.69. The molecule has 20 heavy (non-hydrogen) atoms. The van der Waals surface area contributed by atoms with Crippen molar-refractivity contribution in [3.8, 4) is 10.6 Å². The van der Waals surface area contributed by atoms with Gasteiger partial charge in [0.2, 0.25) is 5.91 Å². The van der Waals surface area contributed by atoms with Crippen molar-refractivity contribution in [3.63, 3.8) is 0 Å². The molecule has 0 spiro atoms. The summed E-state index contributed by atoms with van der Waals surface area (Å²) in [6.07, 6.45) is 2.89. The van der Waals surface area contributed by atoms with E-state index in [9.17, 15) is 9.90 Å². The van der Waals surface area contributed by atoms with Crippen LogP contribution in [0.5, 0.6) is 0 Å². The summed E-state index contributed by atoms with van der Waals surface area (Å²) in [7, 11) is 0. The lowest BCUT2D eigenvalue weighted by molar-refractivity contribution is -0.122. The molecule has 0 aliphatic heterocycles. The van der Waals surface area contributed by atoms with Crippen molar-refractivity contribution in [1.29, 1.82) is 0 Å². The van der Waals surface area contributed by atoms with Crippen LogP contribution < -0.4 is 5.32 Å². The lowest BCUT2D eigenvalue weighted by Gasteiger charge is -2.36. The van der Waals surface area contributed by atoms with E-state index in [-0.39, 0.29) is 12.3 Å². The molecule has 6 heteroatoms. The van der Waals surface area contributed by atoms with Gasteiger partial charge in [-0.05, 0) is 30.7 Å². The number of nitrogens with one attached hydrogen (secondary N) is 1. The Bertz CT molecular complexity index is 588. The lowest BCUT2D eigenvalue weighted by atomic mass is 9.80. The lowest BCUT2D eigenvalue weighted by Crippen LogP contribution is -2.48. The first kappa shape index (κ1) is 13.7. The Hall–Kier alpha value is -1.24. The average molecular weight is 308 g/mol. The van der Waals surface area contributed by atoms with Crippen molar-refractivity contribution < 1.29 is 9.90 Å². The highest BCUT2D eigenvalue weighted by Crippen LogP contribution is 2.30. The van der Waals surface area contributed by atoms with Crippen molar-refractivity contribution in [2.45, 2.75) is 31.3 Å². The molecule has 1 amide bonds. The Morgan fingerprint density at radius 1 is 1.45 bits per heavy atom. The third-order valence-corrected chi connectivity index (χ3v) is 5.18. The number of carbonyl (C=O) groups excluding carboxylic acids is 1. The van der Waals surface area contributed by atoms with Crippen molar-refractivity contribution in [2.75, 3.05) is 6.54 Å². The number of thiazole rings is 1. The summed E-state index contributed by atoms with van der Waals surface area (Å²) in [5, 5.41) is 19.7. The number of nitrogens with zero attached hydrogens (tertiary/aromatic N) is 1. The van der Waals surface area contributed by atoms with E-state index in [4.69, 9.17) is 0 Å². The molecule has 1 fully saturated rings. The predicted molar refractivity (Wildman–Crippen MR) is 80.9 cm³/mol. The molecule has 0 bridgehead atoms. The van der Waals surface area contributed by atoms with Crippen LogP contribution >= 0.6 is 22.7 Å². The molecule has 2 N–H and O–H groups in total. The zero-order chi connectivity index (χ0) is 14.0. The van der Waals surface area contributed by atoms with E-state index in [1.807, 2.05) is 16.8 Å². The first-order chi connectivity index (χ1) is 9.65. The van der Waals surface area contributed by atoms with Gasteiger partial charge in [0.05, 0.1) is 17.7 Å². The third-order valence-electron chi connectivity index (χ3n) is 3.56. The maximum absolute atomic E-state index is 11.8. The highest BCUT2D eigenvalue weighted by atomic mass is 32.1. The molecule has 1 aliphatic rings. The molecule has 2 aromatic rings. The molecule has 0 saturated heterocycles. The van der Waals surface area contributed by atoms with E-state index in [0.717, 1.165) is 35.5 Å². The van der Waals surface area contributed by atoms with E-state index < -0.39 is 5.60 Å². The van der Waals surface area contributed by atoms with Gasteiger partial charge in [0.25, 0.3) is 0 Å². The normalized spacial score (nSPS) is 16.6. The number of hydrogen-bond donors (Lipinski definition) is 2.